The largest absolute Gasteiger partial charge is 0.309 e. The Kier molecular flexibility index (Phi) is 4.50. The van der Waals surface area contributed by atoms with E-state index in [4.69, 9.17) is 23.2 Å². The van der Waals surface area contributed by atoms with Crippen molar-refractivity contribution >= 4 is 50.5 Å². The van der Waals surface area contributed by atoms with E-state index in [9.17, 15) is 0 Å². The monoisotopic (exact) mass is 349 g/mol. The van der Waals surface area contributed by atoms with E-state index in [1.54, 1.807) is 11.3 Å². The minimum atomic E-state index is 0.0208. The van der Waals surface area contributed by atoms with E-state index in [0.717, 1.165) is 25.0 Å². The first-order chi connectivity index (χ1) is 8.13. The zero-order valence-electron chi connectivity index (χ0n) is 9.01. The number of hydrogen-bond donors (Lipinski definition) is 1. The van der Waals surface area contributed by atoms with Crippen LogP contribution in [0.5, 0.6) is 0 Å². The second-order valence-corrected chi connectivity index (χ2v) is 6.20. The summed E-state index contributed by atoms with van der Waals surface area (Å²) in [5, 5.41) is 6.73. The van der Waals surface area contributed by atoms with Gasteiger partial charge in [-0.2, -0.15) is 0 Å². The normalized spacial score (nSPS) is 12.7. The van der Waals surface area contributed by atoms with Crippen molar-refractivity contribution in [3.8, 4) is 0 Å². The Hall–Kier alpha value is -0.0600. The molecule has 0 aliphatic carbocycles. The van der Waals surface area contributed by atoms with E-state index in [-0.39, 0.29) is 6.04 Å². The molecule has 5 heteroatoms. The van der Waals surface area contributed by atoms with Gasteiger partial charge < -0.3 is 5.32 Å². The highest BCUT2D eigenvalue weighted by molar-refractivity contribution is 9.10. The Labute approximate surface area is 123 Å². The van der Waals surface area contributed by atoms with Crippen LogP contribution in [0.3, 0.4) is 0 Å². The summed E-state index contributed by atoms with van der Waals surface area (Å²) in [4.78, 5) is 1.08. The summed E-state index contributed by atoms with van der Waals surface area (Å²) in [5.74, 6) is 0. The van der Waals surface area contributed by atoms with Crippen LogP contribution in [0.25, 0.3) is 0 Å². The predicted octanol–water partition coefficient (Wildman–Crippen LogP) is 5.13. The van der Waals surface area contributed by atoms with Crippen molar-refractivity contribution < 1.29 is 0 Å². The average molecular weight is 351 g/mol. The molecule has 0 radical (unpaired) electrons. The highest BCUT2D eigenvalue weighted by Gasteiger charge is 2.19. The molecule has 0 aliphatic rings. The molecule has 0 aliphatic heterocycles. The molecule has 1 heterocycles. The van der Waals surface area contributed by atoms with Crippen molar-refractivity contribution in [2.24, 2.45) is 0 Å². The van der Waals surface area contributed by atoms with E-state index < -0.39 is 0 Å². The quantitative estimate of drug-likeness (QED) is 0.809. The fourth-order valence-corrected chi connectivity index (χ4v) is 3.57. The van der Waals surface area contributed by atoms with Crippen molar-refractivity contribution in [3.63, 3.8) is 0 Å². The van der Waals surface area contributed by atoms with Gasteiger partial charge in [0, 0.05) is 14.4 Å². The first kappa shape index (κ1) is 13.4. The van der Waals surface area contributed by atoms with Gasteiger partial charge in [-0.3, -0.25) is 0 Å². The molecule has 1 aromatic heterocycles. The lowest BCUT2D eigenvalue weighted by atomic mass is 10.1. The summed E-state index contributed by atoms with van der Waals surface area (Å²) < 4.78 is 1.00. The van der Waals surface area contributed by atoms with E-state index in [2.05, 4.69) is 21.2 Å². The zero-order valence-corrected chi connectivity index (χ0v) is 12.9. The van der Waals surface area contributed by atoms with Gasteiger partial charge >= 0.3 is 0 Å². The minimum Gasteiger partial charge on any atom is -0.309 e. The molecule has 0 spiro atoms. The molecule has 1 atom stereocenters. The molecule has 1 aromatic carbocycles. The molecule has 17 heavy (non-hydrogen) atoms. The van der Waals surface area contributed by atoms with E-state index in [1.807, 2.05) is 36.7 Å². The molecule has 2 aromatic rings. The zero-order chi connectivity index (χ0) is 12.4. The molecule has 2 rings (SSSR count). The van der Waals surface area contributed by atoms with E-state index >= 15 is 0 Å². The van der Waals surface area contributed by atoms with Crippen molar-refractivity contribution in [2.75, 3.05) is 7.05 Å². The molecular formula is C12H10BrCl2NS. The fourth-order valence-electron chi connectivity index (χ4n) is 1.68. The van der Waals surface area contributed by atoms with Crippen molar-refractivity contribution in [1.82, 2.24) is 5.32 Å². The van der Waals surface area contributed by atoms with Gasteiger partial charge in [0.1, 0.15) is 0 Å². The lowest BCUT2D eigenvalue weighted by molar-refractivity contribution is 0.704. The summed E-state index contributed by atoms with van der Waals surface area (Å²) in [6.07, 6.45) is 0. The molecule has 1 N–H and O–H groups in total. The summed E-state index contributed by atoms with van der Waals surface area (Å²) in [7, 11) is 1.90. The third-order valence-corrected chi connectivity index (χ3v) is 4.73. The molecular weight excluding hydrogens is 341 g/mol. The molecule has 1 nitrogen and oxygen atoms in total. The van der Waals surface area contributed by atoms with Crippen LogP contribution >= 0.6 is 50.5 Å². The maximum atomic E-state index is 6.24. The lowest BCUT2D eigenvalue weighted by Gasteiger charge is -2.17. The van der Waals surface area contributed by atoms with Crippen LogP contribution in [0.2, 0.25) is 10.0 Å². The van der Waals surface area contributed by atoms with Gasteiger partial charge in [0.2, 0.25) is 0 Å². The Balaban J connectivity index is 2.49. The third kappa shape index (κ3) is 2.85. The van der Waals surface area contributed by atoms with Crippen LogP contribution in [0.15, 0.2) is 34.1 Å². The van der Waals surface area contributed by atoms with Gasteiger partial charge in [-0.25, -0.2) is 0 Å². The molecule has 0 saturated heterocycles. The summed E-state index contributed by atoms with van der Waals surface area (Å²) >= 11 is 17.5. The molecule has 0 bridgehead atoms. The Morgan fingerprint density at radius 3 is 2.59 bits per heavy atom. The summed E-state index contributed by atoms with van der Waals surface area (Å²) in [5.41, 5.74) is 1.02. The van der Waals surface area contributed by atoms with Crippen molar-refractivity contribution in [1.29, 1.82) is 0 Å². The lowest BCUT2D eigenvalue weighted by Crippen LogP contribution is -2.17. The maximum Gasteiger partial charge on any atom is 0.0698 e. The third-order valence-electron chi connectivity index (χ3n) is 2.46. The molecule has 90 valence electrons. The topological polar surface area (TPSA) is 12.0 Å². The highest BCUT2D eigenvalue weighted by atomic mass is 79.9. The number of benzene rings is 1. The van der Waals surface area contributed by atoms with Crippen LogP contribution in [-0.2, 0) is 0 Å². The van der Waals surface area contributed by atoms with Crippen LogP contribution in [0.1, 0.15) is 16.5 Å². The molecule has 0 amide bonds. The van der Waals surface area contributed by atoms with Gasteiger partial charge in [-0.05, 0) is 42.3 Å². The summed E-state index contributed by atoms with van der Waals surface area (Å²) in [6.45, 7) is 0. The number of nitrogens with one attached hydrogen (secondary N) is 1. The number of halogens is 3. The standard InChI is InChI=1S/C12H10BrCl2NS/c1-16-11(12-10(15)4-5-17-12)8-6-7(13)2-3-9(8)14/h2-6,11,16H,1H3. The molecule has 0 saturated carbocycles. The van der Waals surface area contributed by atoms with Crippen molar-refractivity contribution in [3.05, 3.63) is 54.6 Å². The van der Waals surface area contributed by atoms with Gasteiger partial charge in [-0.15, -0.1) is 11.3 Å². The fraction of sp³-hybridized carbons (Fsp3) is 0.167. The maximum absolute atomic E-state index is 6.24. The Bertz CT molecular complexity index is 527. The number of rotatable bonds is 3. The number of hydrogen-bond acceptors (Lipinski definition) is 2. The van der Waals surface area contributed by atoms with E-state index in [1.165, 1.54) is 0 Å². The smallest absolute Gasteiger partial charge is 0.0698 e. The highest BCUT2D eigenvalue weighted by Crippen LogP contribution is 2.36. The average Bonchev–Trinajstić information content (AvgIpc) is 2.71. The van der Waals surface area contributed by atoms with E-state index in [0.29, 0.717) is 0 Å². The van der Waals surface area contributed by atoms with Gasteiger partial charge in [-0.1, -0.05) is 39.1 Å². The Morgan fingerprint density at radius 1 is 1.24 bits per heavy atom. The van der Waals surface area contributed by atoms with Gasteiger partial charge in [0.05, 0.1) is 11.1 Å². The van der Waals surface area contributed by atoms with Crippen LogP contribution in [0, 0.1) is 0 Å². The first-order valence-corrected chi connectivity index (χ1v) is 7.41. The molecule has 0 fully saturated rings. The summed E-state index contributed by atoms with van der Waals surface area (Å²) in [6, 6.07) is 7.74. The number of thiophene rings is 1. The van der Waals surface area contributed by atoms with Gasteiger partial charge in [0.25, 0.3) is 0 Å². The van der Waals surface area contributed by atoms with Crippen LogP contribution in [0.4, 0.5) is 0 Å². The van der Waals surface area contributed by atoms with Crippen LogP contribution in [-0.4, -0.2) is 7.05 Å². The van der Waals surface area contributed by atoms with Crippen molar-refractivity contribution in [2.45, 2.75) is 6.04 Å². The first-order valence-electron chi connectivity index (χ1n) is 4.98. The Morgan fingerprint density at radius 2 is 2.00 bits per heavy atom. The second kappa shape index (κ2) is 5.72. The molecule has 1 unspecified atom stereocenters. The predicted molar refractivity (Wildman–Crippen MR) is 79.4 cm³/mol. The van der Waals surface area contributed by atoms with Gasteiger partial charge in [0.15, 0.2) is 0 Å². The minimum absolute atomic E-state index is 0.0208. The second-order valence-electron chi connectivity index (χ2n) is 3.52. The van der Waals surface area contributed by atoms with Crippen LogP contribution < -0.4 is 5.32 Å². The SMILES string of the molecule is CNC(c1cc(Br)ccc1Cl)c1sccc1Cl.